The highest BCUT2D eigenvalue weighted by Crippen LogP contribution is 2.31. The van der Waals surface area contributed by atoms with Gasteiger partial charge < -0.3 is 24.4 Å². The van der Waals surface area contributed by atoms with E-state index in [4.69, 9.17) is 19.3 Å². The summed E-state index contributed by atoms with van der Waals surface area (Å²) in [6.07, 6.45) is 1.42. The number of rotatable bonds is 10. The van der Waals surface area contributed by atoms with E-state index in [0.29, 0.717) is 48.9 Å². The number of aromatic hydroxyl groups is 1. The van der Waals surface area contributed by atoms with Crippen LogP contribution in [-0.2, 0) is 0 Å². The average Bonchev–Trinajstić information content (AvgIpc) is 2.67. The summed E-state index contributed by atoms with van der Waals surface area (Å²) in [5, 5.41) is 19.0. The van der Waals surface area contributed by atoms with Gasteiger partial charge in [-0.25, -0.2) is 4.79 Å². The Morgan fingerprint density at radius 3 is 2.14 bits per heavy atom. The number of hydrogen-bond acceptors (Lipinski definition) is 6. The summed E-state index contributed by atoms with van der Waals surface area (Å²) in [6, 6.07) is 7.68. The molecular weight excluding hydrogens is 364 g/mol. The van der Waals surface area contributed by atoms with Crippen molar-refractivity contribution in [3.05, 3.63) is 47.0 Å². The molecule has 0 amide bonds. The highest BCUT2D eigenvalue weighted by molar-refractivity contribution is 5.97. The molecule has 0 aliphatic rings. The Balaban J connectivity index is 1.81. The lowest BCUT2D eigenvalue weighted by Gasteiger charge is -2.13. The van der Waals surface area contributed by atoms with E-state index in [2.05, 4.69) is 0 Å². The van der Waals surface area contributed by atoms with Gasteiger partial charge in [0.25, 0.3) is 0 Å². The van der Waals surface area contributed by atoms with Crippen molar-refractivity contribution in [2.24, 2.45) is 0 Å². The third-order valence-corrected chi connectivity index (χ3v) is 4.22. The van der Waals surface area contributed by atoms with E-state index in [1.807, 2.05) is 0 Å². The predicted molar refractivity (Wildman–Crippen MR) is 103 cm³/mol. The normalized spacial score (nSPS) is 10.4. The molecular formula is C21H24O7. The second-order valence-electron chi connectivity index (χ2n) is 6.22. The minimum Gasteiger partial charge on any atom is -0.507 e. The second-order valence-corrected chi connectivity index (χ2v) is 6.22. The largest absolute Gasteiger partial charge is 0.507 e. The first-order chi connectivity index (χ1) is 13.3. The smallest absolute Gasteiger partial charge is 0.335 e. The van der Waals surface area contributed by atoms with Gasteiger partial charge in [0.2, 0.25) is 0 Å². The van der Waals surface area contributed by atoms with E-state index < -0.39 is 5.97 Å². The molecule has 0 bridgehead atoms. The van der Waals surface area contributed by atoms with E-state index in [1.54, 1.807) is 25.1 Å². The van der Waals surface area contributed by atoms with Gasteiger partial charge in [-0.2, -0.15) is 0 Å². The van der Waals surface area contributed by atoms with Crippen LogP contribution in [0.3, 0.4) is 0 Å². The van der Waals surface area contributed by atoms with Crippen LogP contribution in [-0.4, -0.2) is 42.3 Å². The number of unbranched alkanes of at least 4 members (excludes halogenated alkanes) is 1. The van der Waals surface area contributed by atoms with Crippen LogP contribution in [0, 0.1) is 6.92 Å². The summed E-state index contributed by atoms with van der Waals surface area (Å²) in [5.41, 5.74) is 0.945. The Bertz CT molecular complexity index is 858. The third-order valence-electron chi connectivity index (χ3n) is 4.22. The number of carbonyl (C=O) groups excluding carboxylic acids is 1. The van der Waals surface area contributed by atoms with E-state index in [-0.39, 0.29) is 22.7 Å². The van der Waals surface area contributed by atoms with Crippen molar-refractivity contribution in [3.63, 3.8) is 0 Å². The summed E-state index contributed by atoms with van der Waals surface area (Å²) in [4.78, 5) is 22.4. The first-order valence-electron chi connectivity index (χ1n) is 8.85. The molecule has 2 rings (SSSR count). The quantitative estimate of drug-likeness (QED) is 0.471. The number of Topliss-reactive ketones (excluding diaryl/α,β-unsaturated/α-hetero) is 1. The molecule has 0 aliphatic heterocycles. The molecule has 150 valence electrons. The zero-order chi connectivity index (χ0) is 20.7. The number of ketones is 1. The molecule has 2 aromatic rings. The van der Waals surface area contributed by atoms with Gasteiger partial charge in [-0.15, -0.1) is 0 Å². The molecule has 0 atom stereocenters. The van der Waals surface area contributed by atoms with Crippen LogP contribution in [0.25, 0.3) is 0 Å². The number of phenols is 1. The number of carbonyl (C=O) groups is 2. The zero-order valence-corrected chi connectivity index (χ0v) is 16.2. The van der Waals surface area contributed by atoms with E-state index in [1.165, 1.54) is 26.2 Å². The van der Waals surface area contributed by atoms with Crippen LogP contribution in [0.2, 0.25) is 0 Å². The molecule has 0 aliphatic carbocycles. The minimum atomic E-state index is -1.03. The highest BCUT2D eigenvalue weighted by Gasteiger charge is 2.13. The molecule has 0 aromatic heterocycles. The van der Waals surface area contributed by atoms with Gasteiger partial charge in [-0.1, -0.05) is 0 Å². The molecule has 7 nitrogen and oxygen atoms in total. The van der Waals surface area contributed by atoms with Crippen LogP contribution >= 0.6 is 0 Å². The van der Waals surface area contributed by atoms with Crippen molar-refractivity contribution in [1.82, 2.24) is 0 Å². The van der Waals surface area contributed by atoms with Crippen molar-refractivity contribution in [3.8, 4) is 23.0 Å². The van der Waals surface area contributed by atoms with E-state index >= 15 is 0 Å². The molecule has 28 heavy (non-hydrogen) atoms. The fraction of sp³-hybridized carbons (Fsp3) is 0.333. The number of phenolic OH excluding ortho intramolecular Hbond substituents is 1. The van der Waals surface area contributed by atoms with E-state index in [0.717, 1.165) is 0 Å². The summed E-state index contributed by atoms with van der Waals surface area (Å²) in [6.45, 7) is 3.95. The lowest BCUT2D eigenvalue weighted by Crippen LogP contribution is -2.05. The van der Waals surface area contributed by atoms with Gasteiger partial charge >= 0.3 is 5.97 Å². The SMILES string of the molecule is COc1cc(C(=O)O)ccc1OCCCCOc1ccc(C(C)=O)c(O)c1C. The van der Waals surface area contributed by atoms with Gasteiger partial charge in [0.15, 0.2) is 17.3 Å². The maximum atomic E-state index is 11.4. The number of hydrogen-bond donors (Lipinski definition) is 2. The van der Waals surface area contributed by atoms with Crippen molar-refractivity contribution in [2.45, 2.75) is 26.7 Å². The lowest BCUT2D eigenvalue weighted by molar-refractivity contribution is 0.0696. The summed E-state index contributed by atoms with van der Waals surface area (Å²) >= 11 is 0. The molecule has 0 unspecified atom stereocenters. The fourth-order valence-electron chi connectivity index (χ4n) is 2.61. The molecule has 0 heterocycles. The Labute approximate surface area is 163 Å². The van der Waals surface area contributed by atoms with Gasteiger partial charge in [0, 0.05) is 5.56 Å². The van der Waals surface area contributed by atoms with Crippen LogP contribution < -0.4 is 14.2 Å². The first-order valence-corrected chi connectivity index (χ1v) is 8.85. The second kappa shape index (κ2) is 9.64. The molecule has 2 N–H and O–H groups in total. The minimum absolute atomic E-state index is 0.0507. The highest BCUT2D eigenvalue weighted by atomic mass is 16.5. The molecule has 0 radical (unpaired) electrons. The zero-order valence-electron chi connectivity index (χ0n) is 16.2. The fourth-order valence-corrected chi connectivity index (χ4v) is 2.61. The number of carboxylic acid groups (broad SMARTS) is 1. The third kappa shape index (κ3) is 5.16. The molecule has 0 saturated carbocycles. The van der Waals surface area contributed by atoms with E-state index in [9.17, 15) is 14.7 Å². The molecule has 7 heteroatoms. The number of benzene rings is 2. The predicted octanol–water partition coefficient (Wildman–Crippen LogP) is 3.85. The first kappa shape index (κ1) is 21.1. The van der Waals surface area contributed by atoms with Gasteiger partial charge in [-0.3, -0.25) is 4.79 Å². The molecule has 2 aromatic carbocycles. The lowest BCUT2D eigenvalue weighted by atomic mass is 10.1. The standard InChI is InChI=1S/C21H24O7/c1-13-17(9-7-16(14(2)22)20(13)23)27-10-4-5-11-28-18-8-6-15(21(24)25)12-19(18)26-3/h6-9,12,23H,4-5,10-11H2,1-3H3,(H,24,25). The van der Waals surface area contributed by atoms with Gasteiger partial charge in [0.1, 0.15) is 11.5 Å². The van der Waals surface area contributed by atoms with Crippen molar-refractivity contribution in [1.29, 1.82) is 0 Å². The molecule has 0 spiro atoms. The molecule has 0 saturated heterocycles. The number of carboxylic acids is 1. The number of methoxy groups -OCH3 is 1. The Hall–Kier alpha value is -3.22. The summed E-state index contributed by atoms with van der Waals surface area (Å²) < 4.78 is 16.5. The van der Waals surface area contributed by atoms with Crippen LogP contribution in [0.5, 0.6) is 23.0 Å². The van der Waals surface area contributed by atoms with Crippen molar-refractivity contribution in [2.75, 3.05) is 20.3 Å². The van der Waals surface area contributed by atoms with Gasteiger partial charge in [-0.05, 0) is 57.0 Å². The number of aromatic carboxylic acids is 1. The summed E-state index contributed by atoms with van der Waals surface area (Å²) in [7, 11) is 1.46. The maximum absolute atomic E-state index is 11.4. The Morgan fingerprint density at radius 1 is 0.964 bits per heavy atom. The van der Waals surface area contributed by atoms with Crippen LogP contribution in [0.1, 0.15) is 46.0 Å². The van der Waals surface area contributed by atoms with Gasteiger partial charge in [0.05, 0.1) is 31.5 Å². The summed E-state index contributed by atoms with van der Waals surface area (Å²) in [5.74, 6) is 0.108. The van der Waals surface area contributed by atoms with Crippen LogP contribution in [0.4, 0.5) is 0 Å². The van der Waals surface area contributed by atoms with Crippen LogP contribution in [0.15, 0.2) is 30.3 Å². The monoisotopic (exact) mass is 388 g/mol. The average molecular weight is 388 g/mol. The Morgan fingerprint density at radius 2 is 1.57 bits per heavy atom. The number of ether oxygens (including phenoxy) is 3. The maximum Gasteiger partial charge on any atom is 0.335 e. The topological polar surface area (TPSA) is 102 Å². The van der Waals surface area contributed by atoms with Crippen molar-refractivity contribution >= 4 is 11.8 Å². The van der Waals surface area contributed by atoms with Crippen molar-refractivity contribution < 1.29 is 34.0 Å². The molecule has 0 fully saturated rings. The Kier molecular flexibility index (Phi) is 7.26.